The van der Waals surface area contributed by atoms with E-state index in [2.05, 4.69) is 5.32 Å². The van der Waals surface area contributed by atoms with Crippen LogP contribution in [0.3, 0.4) is 0 Å². The van der Waals surface area contributed by atoms with E-state index in [4.69, 9.17) is 0 Å². The van der Waals surface area contributed by atoms with E-state index in [-0.39, 0.29) is 11.8 Å². The molecule has 1 atom stereocenters. The summed E-state index contributed by atoms with van der Waals surface area (Å²) in [6.07, 6.45) is 0.668. The molecule has 22 heavy (non-hydrogen) atoms. The summed E-state index contributed by atoms with van der Waals surface area (Å²) in [6.45, 7) is 3.33. The van der Waals surface area contributed by atoms with Crippen molar-refractivity contribution in [3.05, 3.63) is 57.8 Å². The molecule has 0 radical (unpaired) electrons. The number of likely N-dealkylation sites (tertiary alicyclic amines) is 1. The highest BCUT2D eigenvalue weighted by molar-refractivity contribution is 7.12. The first-order valence-electron chi connectivity index (χ1n) is 7.32. The van der Waals surface area contributed by atoms with Gasteiger partial charge < -0.3 is 10.2 Å². The van der Waals surface area contributed by atoms with Crippen molar-refractivity contribution < 1.29 is 9.59 Å². The molecule has 0 spiro atoms. The number of carbonyl (C=O) groups is 2. The fraction of sp³-hybridized carbons (Fsp3) is 0.294. The lowest BCUT2D eigenvalue weighted by atomic mass is 10.1. The Labute approximate surface area is 133 Å². The van der Waals surface area contributed by atoms with E-state index in [1.54, 1.807) is 6.07 Å². The van der Waals surface area contributed by atoms with Gasteiger partial charge in [0.1, 0.15) is 6.04 Å². The van der Waals surface area contributed by atoms with Crippen molar-refractivity contribution >= 4 is 23.2 Å². The third-order valence-electron chi connectivity index (χ3n) is 3.84. The molecule has 0 unspecified atom stereocenters. The zero-order chi connectivity index (χ0) is 15.5. The van der Waals surface area contributed by atoms with Crippen molar-refractivity contribution in [2.24, 2.45) is 0 Å². The SMILES string of the molecule is Cc1ccc(CN2CC[C@H](NC(=O)c3cccs3)C2=O)cc1. The number of aryl methyl sites for hydroxylation is 1. The first kappa shape index (κ1) is 14.8. The minimum Gasteiger partial charge on any atom is -0.339 e. The molecular weight excluding hydrogens is 296 g/mol. The Morgan fingerprint density at radius 1 is 1.32 bits per heavy atom. The minimum atomic E-state index is -0.403. The normalized spacial score (nSPS) is 17.8. The van der Waals surface area contributed by atoms with Gasteiger partial charge in [-0.05, 0) is 30.4 Å². The Morgan fingerprint density at radius 3 is 2.77 bits per heavy atom. The third-order valence-corrected chi connectivity index (χ3v) is 4.71. The van der Waals surface area contributed by atoms with Crippen LogP contribution < -0.4 is 5.32 Å². The average molecular weight is 314 g/mol. The molecule has 4 nitrogen and oxygen atoms in total. The lowest BCUT2D eigenvalue weighted by Gasteiger charge is -2.17. The van der Waals surface area contributed by atoms with Crippen molar-refractivity contribution in [3.63, 3.8) is 0 Å². The molecule has 0 aliphatic carbocycles. The Bertz CT molecular complexity index is 664. The predicted molar refractivity (Wildman–Crippen MR) is 86.8 cm³/mol. The molecule has 2 amide bonds. The van der Waals surface area contributed by atoms with Gasteiger partial charge >= 0.3 is 0 Å². The van der Waals surface area contributed by atoms with Crippen LogP contribution in [0.2, 0.25) is 0 Å². The van der Waals surface area contributed by atoms with E-state index in [0.29, 0.717) is 24.4 Å². The van der Waals surface area contributed by atoms with Crippen LogP contribution in [0.25, 0.3) is 0 Å². The number of hydrogen-bond acceptors (Lipinski definition) is 3. The van der Waals surface area contributed by atoms with Gasteiger partial charge in [0.15, 0.2) is 0 Å². The lowest BCUT2D eigenvalue weighted by Crippen LogP contribution is -2.41. The van der Waals surface area contributed by atoms with Crippen LogP contribution in [0.4, 0.5) is 0 Å². The van der Waals surface area contributed by atoms with Crippen LogP contribution >= 0.6 is 11.3 Å². The van der Waals surface area contributed by atoms with Gasteiger partial charge in [0.2, 0.25) is 5.91 Å². The summed E-state index contributed by atoms with van der Waals surface area (Å²) in [7, 11) is 0. The number of carbonyl (C=O) groups excluding carboxylic acids is 2. The number of nitrogens with one attached hydrogen (secondary N) is 1. The first-order chi connectivity index (χ1) is 10.6. The summed E-state index contributed by atoms with van der Waals surface area (Å²) in [5.41, 5.74) is 2.32. The molecule has 1 fully saturated rings. The van der Waals surface area contributed by atoms with Gasteiger partial charge in [0, 0.05) is 13.1 Å². The average Bonchev–Trinajstić information content (AvgIpc) is 3.15. The van der Waals surface area contributed by atoms with Gasteiger partial charge in [0.05, 0.1) is 4.88 Å². The molecule has 3 rings (SSSR count). The second-order valence-corrected chi connectivity index (χ2v) is 6.49. The Morgan fingerprint density at radius 2 is 2.09 bits per heavy atom. The van der Waals surface area contributed by atoms with Gasteiger partial charge in [0.25, 0.3) is 5.91 Å². The molecule has 2 heterocycles. The monoisotopic (exact) mass is 314 g/mol. The summed E-state index contributed by atoms with van der Waals surface area (Å²) in [6, 6.07) is 11.4. The van der Waals surface area contributed by atoms with Crippen molar-refractivity contribution in [1.82, 2.24) is 10.2 Å². The molecule has 0 bridgehead atoms. The predicted octanol–water partition coefficient (Wildman–Crippen LogP) is 2.59. The highest BCUT2D eigenvalue weighted by Crippen LogP contribution is 2.17. The number of thiophene rings is 1. The second-order valence-electron chi connectivity index (χ2n) is 5.54. The molecule has 114 valence electrons. The first-order valence-corrected chi connectivity index (χ1v) is 8.20. The van der Waals surface area contributed by atoms with Gasteiger partial charge in [-0.15, -0.1) is 11.3 Å². The van der Waals surface area contributed by atoms with Gasteiger partial charge in [-0.3, -0.25) is 9.59 Å². The summed E-state index contributed by atoms with van der Waals surface area (Å²) in [5, 5.41) is 4.69. The lowest BCUT2D eigenvalue weighted by molar-refractivity contribution is -0.129. The summed E-state index contributed by atoms with van der Waals surface area (Å²) >= 11 is 1.38. The van der Waals surface area contributed by atoms with Gasteiger partial charge in [-0.25, -0.2) is 0 Å². The fourth-order valence-corrected chi connectivity index (χ4v) is 3.21. The van der Waals surface area contributed by atoms with E-state index in [1.165, 1.54) is 16.9 Å². The molecular formula is C17H18N2O2S. The molecule has 5 heteroatoms. The number of rotatable bonds is 4. The molecule has 1 aromatic carbocycles. The zero-order valence-corrected chi connectivity index (χ0v) is 13.2. The number of amides is 2. The second kappa shape index (κ2) is 6.32. The standard InChI is InChI=1S/C17H18N2O2S/c1-12-4-6-13(7-5-12)11-19-9-8-14(17(19)21)18-16(20)15-3-2-10-22-15/h2-7,10,14H,8-9,11H2,1H3,(H,18,20)/t14-/m0/s1. The highest BCUT2D eigenvalue weighted by atomic mass is 32.1. The summed E-state index contributed by atoms with van der Waals surface area (Å²) < 4.78 is 0. The van der Waals surface area contributed by atoms with Crippen molar-refractivity contribution in [1.29, 1.82) is 0 Å². The zero-order valence-electron chi connectivity index (χ0n) is 12.4. The summed E-state index contributed by atoms with van der Waals surface area (Å²) in [5.74, 6) is -0.156. The van der Waals surface area contributed by atoms with Crippen LogP contribution in [0.5, 0.6) is 0 Å². The number of hydrogen-bond donors (Lipinski definition) is 1. The fourth-order valence-electron chi connectivity index (χ4n) is 2.58. The molecule has 1 N–H and O–H groups in total. The minimum absolute atomic E-state index is 0.00508. The Hall–Kier alpha value is -2.14. The molecule has 2 aromatic rings. The quantitative estimate of drug-likeness (QED) is 0.943. The van der Waals surface area contributed by atoms with Crippen LogP contribution in [0.15, 0.2) is 41.8 Å². The topological polar surface area (TPSA) is 49.4 Å². The van der Waals surface area contributed by atoms with Crippen molar-refractivity contribution in [2.45, 2.75) is 25.9 Å². The van der Waals surface area contributed by atoms with Crippen LogP contribution in [-0.2, 0) is 11.3 Å². The maximum Gasteiger partial charge on any atom is 0.261 e. The van der Waals surface area contributed by atoms with E-state index in [9.17, 15) is 9.59 Å². The Balaban J connectivity index is 1.60. The number of benzene rings is 1. The highest BCUT2D eigenvalue weighted by Gasteiger charge is 2.32. The largest absolute Gasteiger partial charge is 0.339 e. The number of nitrogens with zero attached hydrogens (tertiary/aromatic N) is 1. The molecule has 1 aromatic heterocycles. The smallest absolute Gasteiger partial charge is 0.261 e. The Kier molecular flexibility index (Phi) is 4.24. The van der Waals surface area contributed by atoms with Crippen molar-refractivity contribution in [3.8, 4) is 0 Å². The van der Waals surface area contributed by atoms with Crippen LogP contribution in [-0.4, -0.2) is 29.3 Å². The molecule has 1 aliphatic heterocycles. The van der Waals surface area contributed by atoms with E-state index < -0.39 is 6.04 Å². The van der Waals surface area contributed by atoms with Crippen LogP contribution in [0, 0.1) is 6.92 Å². The van der Waals surface area contributed by atoms with Crippen LogP contribution in [0.1, 0.15) is 27.2 Å². The summed E-state index contributed by atoms with van der Waals surface area (Å²) in [4.78, 5) is 26.9. The molecule has 0 saturated carbocycles. The van der Waals surface area contributed by atoms with Gasteiger partial charge in [-0.1, -0.05) is 35.9 Å². The van der Waals surface area contributed by atoms with Crippen molar-refractivity contribution in [2.75, 3.05) is 6.54 Å². The van der Waals surface area contributed by atoms with E-state index >= 15 is 0 Å². The maximum atomic E-state index is 12.4. The third kappa shape index (κ3) is 3.20. The maximum absolute atomic E-state index is 12.4. The van der Waals surface area contributed by atoms with Gasteiger partial charge in [-0.2, -0.15) is 0 Å². The molecule has 1 saturated heterocycles. The van der Waals surface area contributed by atoms with E-state index in [0.717, 1.165) is 5.56 Å². The van der Waals surface area contributed by atoms with E-state index in [1.807, 2.05) is 47.5 Å². The molecule has 1 aliphatic rings.